The van der Waals surface area contributed by atoms with E-state index in [1.165, 1.54) is 12.3 Å². The Bertz CT molecular complexity index is 1040. The number of esters is 1. The van der Waals surface area contributed by atoms with Crippen LogP contribution >= 0.6 is 0 Å². The number of likely N-dealkylation sites (tertiary alicyclic amines) is 1. The van der Waals surface area contributed by atoms with Gasteiger partial charge in [0.05, 0.1) is 24.6 Å². The molecular formula is C26H34F3N3O4. The van der Waals surface area contributed by atoms with Crippen LogP contribution < -0.4 is 0 Å². The van der Waals surface area contributed by atoms with Crippen LogP contribution in [0.4, 0.5) is 13.2 Å². The standard InChI is InChI=1S/C26H34F3N3O4/c1-5-35-25(34)20-9-7-11-31(14-20)24(33)22-16-36-23(30-22)15-32(18(4)17(2)3)13-19-8-6-10-21(12-19)26(27,28)29/h6,8,10,12,16-18,20H,5,7,9,11,13-15H2,1-4H3/t18-,20+/m0/s1. The number of carbonyl (C=O) groups is 2. The third-order valence-electron chi connectivity index (χ3n) is 6.62. The van der Waals surface area contributed by atoms with Crippen molar-refractivity contribution in [3.63, 3.8) is 0 Å². The minimum Gasteiger partial charge on any atom is -0.466 e. The highest BCUT2D eigenvalue weighted by Crippen LogP contribution is 2.30. The van der Waals surface area contributed by atoms with Crippen molar-refractivity contribution in [2.75, 3.05) is 19.7 Å². The number of ether oxygens (including phenoxy) is 1. The van der Waals surface area contributed by atoms with Crippen LogP contribution in [0.1, 0.15) is 68.0 Å². The summed E-state index contributed by atoms with van der Waals surface area (Å²) in [6, 6.07) is 5.29. The summed E-state index contributed by atoms with van der Waals surface area (Å²) in [5, 5.41) is 0. The molecule has 0 radical (unpaired) electrons. The molecule has 7 nitrogen and oxygen atoms in total. The van der Waals surface area contributed by atoms with E-state index in [1.54, 1.807) is 17.9 Å². The Labute approximate surface area is 209 Å². The highest BCUT2D eigenvalue weighted by molar-refractivity contribution is 5.92. The van der Waals surface area contributed by atoms with Gasteiger partial charge in [0.15, 0.2) is 5.69 Å². The lowest BCUT2D eigenvalue weighted by molar-refractivity contribution is -0.149. The average Bonchev–Trinajstić information content (AvgIpc) is 3.31. The number of oxazole rings is 1. The number of halogens is 3. The van der Waals surface area contributed by atoms with Gasteiger partial charge in [-0.3, -0.25) is 14.5 Å². The number of benzene rings is 1. The van der Waals surface area contributed by atoms with E-state index < -0.39 is 11.7 Å². The lowest BCUT2D eigenvalue weighted by Crippen LogP contribution is -2.43. The Balaban J connectivity index is 1.72. The molecule has 0 saturated carbocycles. The van der Waals surface area contributed by atoms with E-state index in [9.17, 15) is 22.8 Å². The van der Waals surface area contributed by atoms with Gasteiger partial charge in [-0.25, -0.2) is 4.98 Å². The van der Waals surface area contributed by atoms with Crippen molar-refractivity contribution in [1.29, 1.82) is 0 Å². The van der Waals surface area contributed by atoms with Crippen LogP contribution in [0.5, 0.6) is 0 Å². The van der Waals surface area contributed by atoms with E-state index in [-0.39, 0.29) is 55.1 Å². The van der Waals surface area contributed by atoms with Crippen molar-refractivity contribution in [3.8, 4) is 0 Å². The van der Waals surface area contributed by atoms with Crippen molar-refractivity contribution in [2.45, 2.75) is 65.8 Å². The van der Waals surface area contributed by atoms with Crippen molar-refractivity contribution < 1.29 is 31.9 Å². The second-order valence-corrected chi connectivity index (χ2v) is 9.56. The van der Waals surface area contributed by atoms with E-state index >= 15 is 0 Å². The molecule has 1 amide bonds. The monoisotopic (exact) mass is 509 g/mol. The Kier molecular flexibility index (Phi) is 9.16. The molecule has 1 aromatic carbocycles. The number of hydrogen-bond donors (Lipinski definition) is 0. The molecule has 0 bridgehead atoms. The third kappa shape index (κ3) is 7.09. The van der Waals surface area contributed by atoms with Gasteiger partial charge in [0, 0.05) is 25.7 Å². The first-order chi connectivity index (χ1) is 17.0. The number of alkyl halides is 3. The lowest BCUT2D eigenvalue weighted by atomic mass is 9.98. The van der Waals surface area contributed by atoms with Crippen molar-refractivity contribution in [2.24, 2.45) is 11.8 Å². The van der Waals surface area contributed by atoms with Crippen molar-refractivity contribution in [3.05, 3.63) is 53.2 Å². The van der Waals surface area contributed by atoms with Gasteiger partial charge >= 0.3 is 12.1 Å². The number of amides is 1. The molecular weight excluding hydrogens is 475 g/mol. The van der Waals surface area contributed by atoms with E-state index in [1.807, 2.05) is 25.7 Å². The minimum atomic E-state index is -4.41. The second-order valence-electron chi connectivity index (χ2n) is 9.56. The molecule has 0 unspecified atom stereocenters. The number of hydrogen-bond acceptors (Lipinski definition) is 6. The molecule has 198 valence electrons. The summed E-state index contributed by atoms with van der Waals surface area (Å²) in [5.74, 6) is -0.454. The lowest BCUT2D eigenvalue weighted by Gasteiger charge is -2.31. The van der Waals surface area contributed by atoms with Crippen LogP contribution in [-0.4, -0.2) is 52.4 Å². The van der Waals surface area contributed by atoms with Gasteiger partial charge in [-0.1, -0.05) is 32.0 Å². The normalized spacial score (nSPS) is 17.5. The van der Waals surface area contributed by atoms with Gasteiger partial charge in [-0.2, -0.15) is 13.2 Å². The van der Waals surface area contributed by atoms with Crippen LogP contribution in [0.15, 0.2) is 34.9 Å². The Morgan fingerprint density at radius 3 is 2.67 bits per heavy atom. The van der Waals surface area contributed by atoms with Crippen LogP contribution in [0.3, 0.4) is 0 Å². The summed E-state index contributed by atoms with van der Waals surface area (Å²) in [6.07, 6.45) is -1.75. The predicted octanol–water partition coefficient (Wildman–Crippen LogP) is 5.16. The van der Waals surface area contributed by atoms with Gasteiger partial charge in [-0.15, -0.1) is 0 Å². The smallest absolute Gasteiger partial charge is 0.416 e. The zero-order chi connectivity index (χ0) is 26.5. The van der Waals surface area contributed by atoms with Gasteiger partial charge in [0.2, 0.25) is 5.89 Å². The molecule has 1 aromatic heterocycles. The summed E-state index contributed by atoms with van der Waals surface area (Å²) in [7, 11) is 0. The summed E-state index contributed by atoms with van der Waals surface area (Å²) in [4.78, 5) is 33.1. The van der Waals surface area contributed by atoms with E-state index in [2.05, 4.69) is 4.98 Å². The third-order valence-corrected chi connectivity index (χ3v) is 6.62. The highest BCUT2D eigenvalue weighted by Gasteiger charge is 2.32. The average molecular weight is 510 g/mol. The van der Waals surface area contributed by atoms with Crippen molar-refractivity contribution in [1.82, 2.24) is 14.8 Å². The fourth-order valence-electron chi connectivity index (χ4n) is 4.28. The fourth-order valence-corrected chi connectivity index (χ4v) is 4.28. The molecule has 0 N–H and O–H groups in total. The summed E-state index contributed by atoms with van der Waals surface area (Å²) in [5.41, 5.74) is -0.0203. The number of carbonyl (C=O) groups excluding carboxylic acids is 2. The Hall–Kier alpha value is -2.88. The molecule has 1 fully saturated rings. The maximum absolute atomic E-state index is 13.2. The Morgan fingerprint density at radius 1 is 1.25 bits per heavy atom. The minimum absolute atomic E-state index is 0.0121. The van der Waals surface area contributed by atoms with Crippen LogP contribution in [0, 0.1) is 11.8 Å². The summed E-state index contributed by atoms with van der Waals surface area (Å²) in [6.45, 7) is 9.38. The Morgan fingerprint density at radius 2 is 2.00 bits per heavy atom. The van der Waals surface area contributed by atoms with E-state index in [4.69, 9.17) is 9.15 Å². The summed E-state index contributed by atoms with van der Waals surface area (Å²) >= 11 is 0. The molecule has 1 aliphatic rings. The highest BCUT2D eigenvalue weighted by atomic mass is 19.4. The molecule has 1 aliphatic heterocycles. The van der Waals surface area contributed by atoms with Crippen LogP contribution in [-0.2, 0) is 28.8 Å². The largest absolute Gasteiger partial charge is 0.466 e. The summed E-state index contributed by atoms with van der Waals surface area (Å²) < 4.78 is 50.2. The SMILES string of the molecule is CCOC(=O)[C@@H]1CCCN(C(=O)c2coc(CN(Cc3cccc(C(F)(F)F)c3)[C@@H](C)C(C)C)n2)C1. The zero-order valence-electron chi connectivity index (χ0n) is 21.2. The molecule has 2 atom stereocenters. The quantitative estimate of drug-likeness (QED) is 0.435. The van der Waals surface area contributed by atoms with E-state index in [0.717, 1.165) is 12.1 Å². The van der Waals surface area contributed by atoms with Gasteiger partial charge in [0.1, 0.15) is 6.26 Å². The second kappa shape index (κ2) is 11.9. The first-order valence-electron chi connectivity index (χ1n) is 12.3. The molecule has 10 heteroatoms. The van der Waals surface area contributed by atoms with Gasteiger partial charge < -0.3 is 14.1 Å². The zero-order valence-corrected chi connectivity index (χ0v) is 21.2. The number of aromatic nitrogens is 1. The van der Waals surface area contributed by atoms with Crippen molar-refractivity contribution >= 4 is 11.9 Å². The van der Waals surface area contributed by atoms with Crippen LogP contribution in [0.2, 0.25) is 0 Å². The molecule has 0 spiro atoms. The molecule has 2 heterocycles. The maximum atomic E-state index is 13.2. The molecule has 2 aromatic rings. The maximum Gasteiger partial charge on any atom is 0.416 e. The molecule has 3 rings (SSSR count). The van der Waals surface area contributed by atoms with Gasteiger partial charge in [0.25, 0.3) is 5.91 Å². The number of piperidine rings is 1. The first kappa shape index (κ1) is 27.7. The molecule has 36 heavy (non-hydrogen) atoms. The molecule has 0 aliphatic carbocycles. The fraction of sp³-hybridized carbons (Fsp3) is 0.577. The topological polar surface area (TPSA) is 75.9 Å². The van der Waals surface area contributed by atoms with Gasteiger partial charge in [-0.05, 0) is 44.2 Å². The first-order valence-corrected chi connectivity index (χ1v) is 12.3. The number of rotatable bonds is 9. The predicted molar refractivity (Wildman–Crippen MR) is 127 cm³/mol. The number of nitrogens with zero attached hydrogens (tertiary/aromatic N) is 3. The molecule has 1 saturated heterocycles. The van der Waals surface area contributed by atoms with Crippen LogP contribution in [0.25, 0.3) is 0 Å². The van der Waals surface area contributed by atoms with E-state index in [0.29, 0.717) is 37.4 Å².